The minimum Gasteiger partial charge on any atom is -0.493 e. The maximum Gasteiger partial charge on any atom is 0.129 e. The molecular weight excluding hydrogens is 383 g/mol. The van der Waals surface area contributed by atoms with Crippen molar-refractivity contribution in [3.63, 3.8) is 0 Å². The molecule has 0 radical (unpaired) electrons. The highest BCUT2D eigenvalue weighted by Gasteiger charge is 2.28. The van der Waals surface area contributed by atoms with Crippen LogP contribution in [0.4, 0.5) is 4.39 Å². The highest BCUT2D eigenvalue weighted by molar-refractivity contribution is 5.28. The van der Waals surface area contributed by atoms with Gasteiger partial charge in [0, 0.05) is 12.0 Å². The maximum atomic E-state index is 13.7. The lowest BCUT2D eigenvalue weighted by molar-refractivity contribution is 0.210. The van der Waals surface area contributed by atoms with E-state index in [-0.39, 0.29) is 5.82 Å². The zero-order chi connectivity index (χ0) is 21.6. The topological polar surface area (TPSA) is 9.23 Å². The van der Waals surface area contributed by atoms with Gasteiger partial charge < -0.3 is 4.74 Å². The predicted molar refractivity (Wildman–Crippen MR) is 128 cm³/mol. The third-order valence-corrected chi connectivity index (χ3v) is 8.25. The second-order valence-corrected chi connectivity index (χ2v) is 10.7. The van der Waals surface area contributed by atoms with Crippen LogP contribution in [0.2, 0.25) is 0 Å². The number of hydrogen-bond acceptors (Lipinski definition) is 1. The maximum absolute atomic E-state index is 13.7. The van der Waals surface area contributed by atoms with Gasteiger partial charge in [0.2, 0.25) is 0 Å². The lowest BCUT2D eigenvalue weighted by Gasteiger charge is -2.34. The van der Waals surface area contributed by atoms with Crippen molar-refractivity contribution in [1.82, 2.24) is 0 Å². The average Bonchev–Trinajstić information content (AvgIpc) is 2.80. The molecule has 0 saturated heterocycles. The van der Waals surface area contributed by atoms with Crippen LogP contribution in [0.1, 0.15) is 76.7 Å². The first-order valence-corrected chi connectivity index (χ1v) is 12.8. The van der Waals surface area contributed by atoms with E-state index in [1.165, 1.54) is 70.3 Å². The molecule has 2 fully saturated rings. The van der Waals surface area contributed by atoms with Crippen molar-refractivity contribution in [1.29, 1.82) is 0 Å². The number of halogens is 1. The Morgan fingerprint density at radius 1 is 0.871 bits per heavy atom. The molecule has 2 atom stereocenters. The van der Waals surface area contributed by atoms with Gasteiger partial charge in [0.25, 0.3) is 0 Å². The number of aryl methyl sites for hydroxylation is 1. The standard InChI is InChI=1S/C29H41FO/c1-21-3-6-23(7-4-21)8-9-24-10-14-26(15-11-24)27-16-12-25(13-17-27)20-31-28-18-5-22(2)29(30)19-28/h5,8-9,12,16,18-19,21,23-27H,3-4,6-7,10-11,13-15,17,20H2,1-2H3/b9-8+. The molecule has 0 aromatic heterocycles. The van der Waals surface area contributed by atoms with E-state index in [4.69, 9.17) is 4.74 Å². The van der Waals surface area contributed by atoms with Crippen LogP contribution in [0.25, 0.3) is 0 Å². The number of rotatable bonds is 6. The fraction of sp³-hybridized carbons (Fsp3) is 0.655. The van der Waals surface area contributed by atoms with Crippen molar-refractivity contribution in [3.05, 3.63) is 53.9 Å². The molecule has 3 aliphatic rings. The molecule has 0 heterocycles. The Hall–Kier alpha value is -1.57. The lowest BCUT2D eigenvalue weighted by Crippen LogP contribution is -2.24. The van der Waals surface area contributed by atoms with Gasteiger partial charge in [0.05, 0.1) is 6.61 Å². The molecule has 2 saturated carbocycles. The molecule has 4 rings (SSSR count). The van der Waals surface area contributed by atoms with Crippen LogP contribution in [-0.2, 0) is 0 Å². The molecular formula is C29H41FO. The number of allylic oxidation sites excluding steroid dienone is 3. The van der Waals surface area contributed by atoms with Gasteiger partial charge in [0.15, 0.2) is 0 Å². The molecule has 0 bridgehead atoms. The molecule has 2 heteroatoms. The first-order chi connectivity index (χ1) is 15.1. The Morgan fingerprint density at radius 3 is 2.16 bits per heavy atom. The minimum atomic E-state index is -0.185. The van der Waals surface area contributed by atoms with Crippen molar-refractivity contribution >= 4 is 0 Å². The van der Waals surface area contributed by atoms with E-state index in [0.717, 1.165) is 29.6 Å². The largest absolute Gasteiger partial charge is 0.493 e. The fourth-order valence-corrected chi connectivity index (χ4v) is 5.86. The molecule has 1 nitrogen and oxygen atoms in total. The van der Waals surface area contributed by atoms with Gasteiger partial charge in [-0.05, 0) is 99.5 Å². The van der Waals surface area contributed by atoms with Crippen molar-refractivity contribution in [2.45, 2.75) is 78.1 Å². The second-order valence-electron chi connectivity index (χ2n) is 10.7. The molecule has 1 aromatic carbocycles. The van der Waals surface area contributed by atoms with E-state index < -0.39 is 0 Å². The third kappa shape index (κ3) is 6.46. The van der Waals surface area contributed by atoms with Crippen molar-refractivity contribution in [3.8, 4) is 5.75 Å². The van der Waals surface area contributed by atoms with E-state index in [2.05, 4.69) is 31.2 Å². The van der Waals surface area contributed by atoms with Gasteiger partial charge in [-0.25, -0.2) is 4.39 Å². The Morgan fingerprint density at radius 2 is 1.55 bits per heavy atom. The zero-order valence-electron chi connectivity index (χ0n) is 19.6. The highest BCUT2D eigenvalue weighted by atomic mass is 19.1. The normalized spacial score (nSPS) is 34.2. The van der Waals surface area contributed by atoms with Crippen LogP contribution in [0, 0.1) is 48.2 Å². The zero-order valence-corrected chi connectivity index (χ0v) is 19.6. The minimum absolute atomic E-state index is 0.185. The summed E-state index contributed by atoms with van der Waals surface area (Å²) in [5.74, 6) is 5.15. The first kappa shape index (κ1) is 22.6. The summed E-state index contributed by atoms with van der Waals surface area (Å²) in [6.45, 7) is 4.84. The number of hydrogen-bond donors (Lipinski definition) is 0. The summed E-state index contributed by atoms with van der Waals surface area (Å²) in [5, 5.41) is 0. The summed E-state index contributed by atoms with van der Waals surface area (Å²) in [6, 6.07) is 5.17. The van der Waals surface area contributed by atoms with Gasteiger partial charge >= 0.3 is 0 Å². The van der Waals surface area contributed by atoms with Gasteiger partial charge in [-0.2, -0.15) is 0 Å². The summed E-state index contributed by atoms with van der Waals surface area (Å²) in [7, 11) is 0. The van der Waals surface area contributed by atoms with Crippen molar-refractivity contribution in [2.75, 3.05) is 6.61 Å². The van der Waals surface area contributed by atoms with Crippen LogP contribution < -0.4 is 4.74 Å². The number of benzene rings is 1. The molecule has 170 valence electrons. The first-order valence-electron chi connectivity index (χ1n) is 12.8. The molecule has 2 unspecified atom stereocenters. The predicted octanol–water partition coefficient (Wildman–Crippen LogP) is 8.28. The molecule has 0 amide bonds. The Bertz CT molecular complexity index is 750. The van der Waals surface area contributed by atoms with E-state index in [1.807, 2.05) is 6.07 Å². The SMILES string of the molecule is Cc1ccc(OCC2C=CC(C3CCC(/C=C/C4CCC(C)CC4)CC3)CC2)cc1F. The third-order valence-electron chi connectivity index (χ3n) is 8.25. The highest BCUT2D eigenvalue weighted by Crippen LogP contribution is 2.39. The van der Waals surface area contributed by atoms with E-state index in [9.17, 15) is 4.39 Å². The Kier molecular flexibility index (Phi) is 7.91. The quantitative estimate of drug-likeness (QED) is 0.417. The molecule has 1 aromatic rings. The number of ether oxygens (including phenoxy) is 1. The van der Waals surface area contributed by atoms with Gasteiger partial charge in [-0.3, -0.25) is 0 Å². The van der Waals surface area contributed by atoms with E-state index in [1.54, 1.807) is 13.0 Å². The lowest BCUT2D eigenvalue weighted by atomic mass is 9.71. The van der Waals surface area contributed by atoms with Crippen LogP contribution >= 0.6 is 0 Å². The Balaban J connectivity index is 1.17. The van der Waals surface area contributed by atoms with Crippen molar-refractivity contribution < 1.29 is 9.13 Å². The molecule has 31 heavy (non-hydrogen) atoms. The average molecular weight is 425 g/mol. The summed E-state index contributed by atoms with van der Waals surface area (Å²) in [4.78, 5) is 0. The van der Waals surface area contributed by atoms with Gasteiger partial charge in [0.1, 0.15) is 11.6 Å². The van der Waals surface area contributed by atoms with Crippen LogP contribution in [0.15, 0.2) is 42.5 Å². The van der Waals surface area contributed by atoms with Crippen molar-refractivity contribution in [2.24, 2.45) is 35.5 Å². The van der Waals surface area contributed by atoms with E-state index in [0.29, 0.717) is 23.8 Å². The summed E-state index contributed by atoms with van der Waals surface area (Å²) < 4.78 is 19.5. The monoisotopic (exact) mass is 424 g/mol. The molecule has 0 N–H and O–H groups in total. The van der Waals surface area contributed by atoms with Gasteiger partial charge in [-0.1, -0.05) is 50.1 Å². The molecule has 0 spiro atoms. The van der Waals surface area contributed by atoms with Gasteiger partial charge in [-0.15, -0.1) is 0 Å². The van der Waals surface area contributed by atoms with Crippen LogP contribution in [0.5, 0.6) is 5.75 Å². The fourth-order valence-electron chi connectivity index (χ4n) is 5.86. The van der Waals surface area contributed by atoms with Crippen LogP contribution in [0.3, 0.4) is 0 Å². The summed E-state index contributed by atoms with van der Waals surface area (Å²) in [6.07, 6.45) is 23.6. The molecule has 3 aliphatic carbocycles. The van der Waals surface area contributed by atoms with Crippen LogP contribution in [-0.4, -0.2) is 6.61 Å². The smallest absolute Gasteiger partial charge is 0.129 e. The second kappa shape index (κ2) is 10.8. The summed E-state index contributed by atoms with van der Waals surface area (Å²) in [5.41, 5.74) is 0.668. The molecule has 0 aliphatic heterocycles. The van der Waals surface area contributed by atoms with E-state index >= 15 is 0 Å². The Labute approximate surface area is 189 Å². The summed E-state index contributed by atoms with van der Waals surface area (Å²) >= 11 is 0.